The van der Waals surface area contributed by atoms with E-state index in [0.29, 0.717) is 6.10 Å². The minimum atomic E-state index is 0.249. The molecule has 0 saturated heterocycles. The average Bonchev–Trinajstić information content (AvgIpc) is 2.10. The maximum Gasteiger partial charge on any atom is 0.0558 e. The van der Waals surface area contributed by atoms with Gasteiger partial charge in [-0.1, -0.05) is 6.92 Å². The van der Waals surface area contributed by atoms with E-state index in [4.69, 9.17) is 9.84 Å². The first-order valence-electron chi connectivity index (χ1n) is 5.15. The van der Waals surface area contributed by atoms with Crippen LogP contribution in [0, 0.1) is 0 Å². The molecular formula is C10H23NO2. The summed E-state index contributed by atoms with van der Waals surface area (Å²) in [5.41, 5.74) is 0. The predicted octanol–water partition coefficient (Wildman–Crippen LogP) is 1.12. The molecule has 1 N–H and O–H groups in total. The van der Waals surface area contributed by atoms with Crippen LogP contribution in [0.15, 0.2) is 0 Å². The lowest BCUT2D eigenvalue weighted by molar-refractivity contribution is 0.0694. The quantitative estimate of drug-likeness (QED) is 0.581. The normalized spacial score (nSPS) is 11.5. The summed E-state index contributed by atoms with van der Waals surface area (Å²) < 4.78 is 5.43. The molecule has 3 nitrogen and oxygen atoms in total. The van der Waals surface area contributed by atoms with Gasteiger partial charge in [0.05, 0.1) is 12.7 Å². The number of hydrogen-bond acceptors (Lipinski definition) is 3. The van der Waals surface area contributed by atoms with Gasteiger partial charge in [-0.25, -0.2) is 0 Å². The van der Waals surface area contributed by atoms with E-state index in [1.807, 2.05) is 13.8 Å². The number of nitrogens with zero attached hydrogens (tertiary/aromatic N) is 1. The minimum Gasteiger partial charge on any atom is -0.395 e. The fourth-order valence-corrected chi connectivity index (χ4v) is 1.18. The Balaban J connectivity index is 3.27. The van der Waals surface area contributed by atoms with Crippen molar-refractivity contribution in [2.45, 2.75) is 33.3 Å². The first kappa shape index (κ1) is 12.9. The Morgan fingerprint density at radius 2 is 2.00 bits per heavy atom. The smallest absolute Gasteiger partial charge is 0.0558 e. The molecular weight excluding hydrogens is 166 g/mol. The van der Waals surface area contributed by atoms with Crippen molar-refractivity contribution in [3.63, 3.8) is 0 Å². The van der Waals surface area contributed by atoms with E-state index in [-0.39, 0.29) is 6.61 Å². The fourth-order valence-electron chi connectivity index (χ4n) is 1.18. The maximum atomic E-state index is 8.74. The highest BCUT2D eigenvalue weighted by Crippen LogP contribution is 1.94. The topological polar surface area (TPSA) is 32.7 Å². The van der Waals surface area contributed by atoms with E-state index in [2.05, 4.69) is 11.8 Å². The van der Waals surface area contributed by atoms with Crippen molar-refractivity contribution in [2.75, 3.05) is 32.8 Å². The summed E-state index contributed by atoms with van der Waals surface area (Å²) in [7, 11) is 0. The van der Waals surface area contributed by atoms with Crippen molar-refractivity contribution >= 4 is 0 Å². The molecule has 0 rings (SSSR count). The van der Waals surface area contributed by atoms with Gasteiger partial charge >= 0.3 is 0 Å². The standard InChI is InChI=1S/C10H23NO2/c1-4-11(7-8-12)6-5-9-13-10(2)3/h10,12H,4-9H2,1-3H3. The van der Waals surface area contributed by atoms with Crippen LogP contribution in [0.25, 0.3) is 0 Å². The lowest BCUT2D eigenvalue weighted by Gasteiger charge is -2.19. The first-order valence-corrected chi connectivity index (χ1v) is 5.15. The number of hydrogen-bond donors (Lipinski definition) is 1. The zero-order valence-corrected chi connectivity index (χ0v) is 9.12. The van der Waals surface area contributed by atoms with Crippen LogP contribution in [0.5, 0.6) is 0 Å². The Labute approximate surface area is 81.7 Å². The van der Waals surface area contributed by atoms with Crippen molar-refractivity contribution in [2.24, 2.45) is 0 Å². The summed E-state index contributed by atoms with van der Waals surface area (Å²) >= 11 is 0. The monoisotopic (exact) mass is 189 g/mol. The van der Waals surface area contributed by atoms with Gasteiger partial charge in [0.25, 0.3) is 0 Å². The molecule has 0 saturated carbocycles. The Kier molecular flexibility index (Phi) is 8.40. The molecule has 0 atom stereocenters. The van der Waals surface area contributed by atoms with Crippen LogP contribution in [-0.2, 0) is 4.74 Å². The van der Waals surface area contributed by atoms with Gasteiger partial charge in [-0.15, -0.1) is 0 Å². The molecule has 13 heavy (non-hydrogen) atoms. The zero-order valence-electron chi connectivity index (χ0n) is 9.12. The van der Waals surface area contributed by atoms with Crippen molar-refractivity contribution in [1.29, 1.82) is 0 Å². The van der Waals surface area contributed by atoms with Gasteiger partial charge in [-0.3, -0.25) is 0 Å². The number of rotatable bonds is 8. The number of aliphatic hydroxyl groups is 1. The molecule has 0 bridgehead atoms. The Morgan fingerprint density at radius 3 is 2.46 bits per heavy atom. The number of ether oxygens (including phenoxy) is 1. The third-order valence-electron chi connectivity index (χ3n) is 1.93. The molecule has 0 heterocycles. The van der Waals surface area contributed by atoms with E-state index in [1.165, 1.54) is 0 Å². The van der Waals surface area contributed by atoms with E-state index >= 15 is 0 Å². The Morgan fingerprint density at radius 1 is 1.31 bits per heavy atom. The molecule has 0 unspecified atom stereocenters. The van der Waals surface area contributed by atoms with Crippen LogP contribution < -0.4 is 0 Å². The second-order valence-corrected chi connectivity index (χ2v) is 3.43. The molecule has 0 aromatic rings. The van der Waals surface area contributed by atoms with E-state index in [0.717, 1.165) is 32.7 Å². The van der Waals surface area contributed by atoms with Crippen LogP contribution in [0.1, 0.15) is 27.2 Å². The summed E-state index contributed by atoms with van der Waals surface area (Å²) in [6.45, 7) is 10.1. The highest BCUT2D eigenvalue weighted by molar-refractivity contribution is 4.54. The average molecular weight is 189 g/mol. The Hall–Kier alpha value is -0.120. The lowest BCUT2D eigenvalue weighted by Crippen LogP contribution is -2.28. The fraction of sp³-hybridized carbons (Fsp3) is 1.00. The minimum absolute atomic E-state index is 0.249. The molecule has 0 aromatic heterocycles. The number of likely N-dealkylation sites (N-methyl/N-ethyl adjacent to an activating group) is 1. The lowest BCUT2D eigenvalue weighted by atomic mass is 10.4. The van der Waals surface area contributed by atoms with Crippen molar-refractivity contribution in [3.8, 4) is 0 Å². The van der Waals surface area contributed by atoms with Gasteiger partial charge in [0.2, 0.25) is 0 Å². The van der Waals surface area contributed by atoms with E-state index in [9.17, 15) is 0 Å². The summed E-state index contributed by atoms with van der Waals surface area (Å²) in [4.78, 5) is 2.23. The highest BCUT2D eigenvalue weighted by atomic mass is 16.5. The summed E-state index contributed by atoms with van der Waals surface area (Å²) in [6.07, 6.45) is 1.37. The van der Waals surface area contributed by atoms with Gasteiger partial charge in [-0.05, 0) is 26.8 Å². The molecule has 0 spiro atoms. The van der Waals surface area contributed by atoms with Crippen LogP contribution in [-0.4, -0.2) is 49.0 Å². The van der Waals surface area contributed by atoms with Crippen LogP contribution in [0.2, 0.25) is 0 Å². The Bertz CT molecular complexity index is 107. The SMILES string of the molecule is CCN(CCO)CCCOC(C)C. The second kappa shape index (κ2) is 8.48. The van der Waals surface area contributed by atoms with Gasteiger partial charge in [-0.2, -0.15) is 0 Å². The molecule has 0 aliphatic heterocycles. The maximum absolute atomic E-state index is 8.74. The highest BCUT2D eigenvalue weighted by Gasteiger charge is 2.00. The molecule has 0 aromatic carbocycles. The molecule has 0 aliphatic rings. The molecule has 0 fully saturated rings. The summed E-state index contributed by atoms with van der Waals surface area (Å²) in [5.74, 6) is 0. The van der Waals surface area contributed by atoms with Crippen molar-refractivity contribution < 1.29 is 9.84 Å². The molecule has 0 amide bonds. The van der Waals surface area contributed by atoms with Crippen LogP contribution >= 0.6 is 0 Å². The third kappa shape index (κ3) is 8.22. The van der Waals surface area contributed by atoms with Crippen molar-refractivity contribution in [3.05, 3.63) is 0 Å². The van der Waals surface area contributed by atoms with Gasteiger partial charge < -0.3 is 14.7 Å². The van der Waals surface area contributed by atoms with E-state index in [1.54, 1.807) is 0 Å². The van der Waals surface area contributed by atoms with Crippen LogP contribution in [0.3, 0.4) is 0 Å². The van der Waals surface area contributed by atoms with Gasteiger partial charge in [0, 0.05) is 19.7 Å². The molecule has 3 heteroatoms. The molecule has 0 aliphatic carbocycles. The second-order valence-electron chi connectivity index (χ2n) is 3.43. The first-order chi connectivity index (χ1) is 6.20. The third-order valence-corrected chi connectivity index (χ3v) is 1.93. The molecule has 0 radical (unpaired) electrons. The predicted molar refractivity (Wildman–Crippen MR) is 54.9 cm³/mol. The van der Waals surface area contributed by atoms with Crippen molar-refractivity contribution in [1.82, 2.24) is 4.90 Å². The van der Waals surface area contributed by atoms with E-state index < -0.39 is 0 Å². The van der Waals surface area contributed by atoms with Crippen LogP contribution in [0.4, 0.5) is 0 Å². The van der Waals surface area contributed by atoms with Gasteiger partial charge in [0.1, 0.15) is 0 Å². The summed E-state index contributed by atoms with van der Waals surface area (Å²) in [6, 6.07) is 0. The summed E-state index contributed by atoms with van der Waals surface area (Å²) in [5, 5.41) is 8.74. The largest absolute Gasteiger partial charge is 0.395 e. The van der Waals surface area contributed by atoms with Gasteiger partial charge in [0.15, 0.2) is 0 Å². The molecule has 80 valence electrons. The zero-order chi connectivity index (χ0) is 10.1. The number of aliphatic hydroxyl groups excluding tert-OH is 1.